The normalized spacial score (nSPS) is 14.1. The predicted molar refractivity (Wildman–Crippen MR) is 227 cm³/mol. The number of azide groups is 1. The molecule has 1 aromatic heterocycles. The highest BCUT2D eigenvalue weighted by molar-refractivity contribution is 6.00. The SMILES string of the molecule is Cc1ccnc(NCCCC(=O)N2CCC[C@@H]2C(=O)NC(CC(=O)O)c2ccc(-c3ccc(OCCOCCOCCOCCOCCN=[N+]=[N-])c4ccccc34)cc2)c1. The van der Waals surface area contributed by atoms with E-state index in [9.17, 15) is 19.5 Å². The van der Waals surface area contributed by atoms with Gasteiger partial charge >= 0.3 is 5.97 Å². The van der Waals surface area contributed by atoms with Crippen LogP contribution in [0, 0.1) is 6.92 Å². The van der Waals surface area contributed by atoms with Gasteiger partial charge in [-0.2, -0.15) is 0 Å². The number of ether oxygens (including phenoxy) is 5. The number of benzene rings is 3. The molecule has 1 unspecified atom stereocenters. The lowest BCUT2D eigenvalue weighted by Crippen LogP contribution is -2.47. The van der Waals surface area contributed by atoms with E-state index in [-0.39, 0.29) is 24.7 Å². The summed E-state index contributed by atoms with van der Waals surface area (Å²) in [5.41, 5.74) is 11.9. The molecule has 60 heavy (non-hydrogen) atoms. The smallest absolute Gasteiger partial charge is 0.305 e. The second kappa shape index (κ2) is 25.0. The van der Waals surface area contributed by atoms with Gasteiger partial charge in [0.05, 0.1) is 65.3 Å². The van der Waals surface area contributed by atoms with Crippen LogP contribution in [0.15, 0.2) is 84.1 Å². The number of fused-ring (bicyclic) bond motifs is 1. The van der Waals surface area contributed by atoms with Crippen LogP contribution in [-0.2, 0) is 33.3 Å². The summed E-state index contributed by atoms with van der Waals surface area (Å²) in [7, 11) is 0. The Labute approximate surface area is 350 Å². The molecule has 0 spiro atoms. The minimum atomic E-state index is -1.04. The lowest BCUT2D eigenvalue weighted by atomic mass is 9.95. The molecule has 1 aliphatic heterocycles. The summed E-state index contributed by atoms with van der Waals surface area (Å²) in [5, 5.41) is 21.3. The molecule has 5 rings (SSSR count). The average Bonchev–Trinajstić information content (AvgIpc) is 3.76. The number of anilines is 1. The second-order valence-electron chi connectivity index (χ2n) is 14.2. The quantitative estimate of drug-likeness (QED) is 0.0257. The average molecular weight is 826 g/mol. The standard InChI is InChI=1S/C44H55N7O9/c1-32-16-18-47-41(30-32)46-17-4-9-42(52)51-20-5-8-39(51)44(55)49-38(31-43(53)54)34-12-10-33(11-13-34)35-14-15-40(37-7-3-2-6-36(35)37)60-29-28-59-27-26-58-25-24-57-23-22-56-21-19-48-50-45/h2-3,6-7,10-16,18,30,38-39H,4-5,8-9,17,19-29,31H2,1H3,(H,46,47)(H,49,55)(H,53,54)/t38?,39-/m1/s1. The number of amides is 2. The number of carboxylic acids is 1. The Morgan fingerprint density at radius 2 is 1.58 bits per heavy atom. The summed E-state index contributed by atoms with van der Waals surface area (Å²) >= 11 is 0. The molecule has 1 fully saturated rings. The van der Waals surface area contributed by atoms with E-state index in [1.807, 2.05) is 79.7 Å². The Balaban J connectivity index is 1.08. The molecule has 1 saturated heterocycles. The van der Waals surface area contributed by atoms with Crippen LogP contribution in [0.2, 0.25) is 0 Å². The number of carboxylic acid groups (broad SMARTS) is 1. The van der Waals surface area contributed by atoms with Crippen molar-refractivity contribution in [1.29, 1.82) is 0 Å². The van der Waals surface area contributed by atoms with Gasteiger partial charge in [-0.15, -0.1) is 0 Å². The summed E-state index contributed by atoms with van der Waals surface area (Å²) in [5.74, 6) is 0.00123. The van der Waals surface area contributed by atoms with Gasteiger partial charge in [0, 0.05) is 42.5 Å². The Kier molecular flexibility index (Phi) is 18.9. The van der Waals surface area contributed by atoms with Crippen molar-refractivity contribution in [1.82, 2.24) is 15.2 Å². The minimum Gasteiger partial charge on any atom is -0.491 e. The summed E-state index contributed by atoms with van der Waals surface area (Å²) < 4.78 is 28.0. The van der Waals surface area contributed by atoms with E-state index in [1.165, 1.54) is 0 Å². The fourth-order valence-corrected chi connectivity index (χ4v) is 6.93. The number of carbonyl (C=O) groups is 3. The van der Waals surface area contributed by atoms with Crippen molar-refractivity contribution in [3.63, 3.8) is 0 Å². The second-order valence-corrected chi connectivity index (χ2v) is 14.2. The van der Waals surface area contributed by atoms with Crippen LogP contribution in [0.25, 0.3) is 32.3 Å². The first-order valence-electron chi connectivity index (χ1n) is 20.4. The highest BCUT2D eigenvalue weighted by atomic mass is 16.6. The first-order valence-corrected chi connectivity index (χ1v) is 20.4. The fraction of sp³-hybridized carbons (Fsp3) is 0.455. The van der Waals surface area contributed by atoms with Crippen LogP contribution in [-0.4, -0.2) is 118 Å². The molecule has 0 radical (unpaired) electrons. The Morgan fingerprint density at radius 1 is 0.900 bits per heavy atom. The number of likely N-dealkylation sites (tertiary alicyclic amines) is 1. The molecular weight excluding hydrogens is 771 g/mol. The van der Waals surface area contributed by atoms with Crippen LogP contribution < -0.4 is 15.4 Å². The van der Waals surface area contributed by atoms with Crippen LogP contribution in [0.4, 0.5) is 5.82 Å². The maximum absolute atomic E-state index is 13.6. The molecular formula is C44H55N7O9. The first kappa shape index (κ1) is 45.3. The third kappa shape index (κ3) is 14.5. The zero-order valence-electron chi connectivity index (χ0n) is 34.1. The molecule has 1 aliphatic rings. The molecule has 16 heteroatoms. The molecule has 0 aliphatic carbocycles. The molecule has 0 bridgehead atoms. The number of hydrogen-bond acceptors (Lipinski definition) is 11. The number of aliphatic carboxylic acids is 1. The largest absolute Gasteiger partial charge is 0.491 e. The summed E-state index contributed by atoms with van der Waals surface area (Å²) in [4.78, 5) is 47.3. The maximum atomic E-state index is 13.6. The third-order valence-electron chi connectivity index (χ3n) is 9.87. The topological polar surface area (TPSA) is 207 Å². The molecule has 3 N–H and O–H groups in total. The van der Waals surface area contributed by atoms with E-state index in [4.69, 9.17) is 29.2 Å². The number of aromatic nitrogens is 1. The van der Waals surface area contributed by atoms with Crippen molar-refractivity contribution in [2.75, 3.05) is 84.4 Å². The molecule has 4 aromatic rings. The van der Waals surface area contributed by atoms with Gasteiger partial charge in [0.1, 0.15) is 24.2 Å². The van der Waals surface area contributed by atoms with Crippen LogP contribution >= 0.6 is 0 Å². The van der Waals surface area contributed by atoms with Crippen molar-refractivity contribution in [3.8, 4) is 16.9 Å². The highest BCUT2D eigenvalue weighted by Gasteiger charge is 2.35. The van der Waals surface area contributed by atoms with Gasteiger partial charge < -0.3 is 44.3 Å². The van der Waals surface area contributed by atoms with Gasteiger partial charge in [0.15, 0.2) is 0 Å². The molecule has 2 atom stereocenters. The molecule has 3 aromatic carbocycles. The van der Waals surface area contributed by atoms with Gasteiger partial charge in [-0.3, -0.25) is 14.4 Å². The first-order chi connectivity index (χ1) is 29.3. The Bertz CT molecular complexity index is 2030. The number of hydrogen-bond donors (Lipinski definition) is 3. The molecule has 16 nitrogen and oxygen atoms in total. The summed E-state index contributed by atoms with van der Waals surface area (Å²) in [6.07, 6.45) is 3.54. The van der Waals surface area contributed by atoms with E-state index in [0.717, 1.165) is 39.0 Å². The Hall–Kier alpha value is -5.77. The van der Waals surface area contributed by atoms with Gasteiger partial charge in [0.25, 0.3) is 0 Å². The summed E-state index contributed by atoms with van der Waals surface area (Å²) in [6.45, 7) is 7.06. The predicted octanol–water partition coefficient (Wildman–Crippen LogP) is 6.48. The van der Waals surface area contributed by atoms with Gasteiger partial charge in [-0.25, -0.2) is 4.98 Å². The number of rotatable bonds is 27. The fourth-order valence-electron chi connectivity index (χ4n) is 6.93. The Morgan fingerprint density at radius 3 is 2.27 bits per heavy atom. The number of aryl methyl sites for hydroxylation is 1. The number of pyridine rings is 1. The van der Waals surface area contributed by atoms with E-state index >= 15 is 0 Å². The van der Waals surface area contributed by atoms with E-state index in [1.54, 1.807) is 11.1 Å². The van der Waals surface area contributed by atoms with E-state index < -0.39 is 18.1 Å². The minimum absolute atomic E-state index is 0.0940. The molecule has 0 saturated carbocycles. The molecule has 320 valence electrons. The zero-order chi connectivity index (χ0) is 42.4. The van der Waals surface area contributed by atoms with Crippen LogP contribution in [0.3, 0.4) is 0 Å². The van der Waals surface area contributed by atoms with E-state index in [2.05, 4.69) is 25.6 Å². The zero-order valence-corrected chi connectivity index (χ0v) is 34.1. The maximum Gasteiger partial charge on any atom is 0.305 e. The summed E-state index contributed by atoms with van der Waals surface area (Å²) in [6, 6.07) is 21.9. The lowest BCUT2D eigenvalue weighted by molar-refractivity contribution is -0.140. The molecule has 2 heterocycles. The van der Waals surface area contributed by atoms with Crippen molar-refractivity contribution >= 4 is 34.4 Å². The highest BCUT2D eigenvalue weighted by Crippen LogP contribution is 2.35. The van der Waals surface area contributed by atoms with Gasteiger partial charge in [0.2, 0.25) is 11.8 Å². The monoisotopic (exact) mass is 825 g/mol. The van der Waals surface area contributed by atoms with Crippen molar-refractivity contribution in [2.45, 2.75) is 51.1 Å². The number of nitrogens with zero attached hydrogens (tertiary/aromatic N) is 5. The van der Waals surface area contributed by atoms with Gasteiger partial charge in [-0.1, -0.05) is 59.7 Å². The van der Waals surface area contributed by atoms with Crippen molar-refractivity contribution in [3.05, 3.63) is 101 Å². The van der Waals surface area contributed by atoms with Crippen molar-refractivity contribution < 1.29 is 43.2 Å². The number of nitrogens with one attached hydrogen (secondary N) is 2. The number of carbonyl (C=O) groups excluding carboxylic acids is 2. The van der Waals surface area contributed by atoms with Crippen molar-refractivity contribution in [2.24, 2.45) is 5.11 Å². The lowest BCUT2D eigenvalue weighted by Gasteiger charge is -2.26. The third-order valence-corrected chi connectivity index (χ3v) is 9.87. The van der Waals surface area contributed by atoms with Gasteiger partial charge in [-0.05, 0) is 77.6 Å². The van der Waals surface area contributed by atoms with E-state index in [0.29, 0.717) is 104 Å². The van der Waals surface area contributed by atoms with Crippen LogP contribution in [0.1, 0.15) is 49.3 Å². The van der Waals surface area contributed by atoms with Crippen LogP contribution in [0.5, 0.6) is 5.75 Å². The molecule has 2 amide bonds.